The van der Waals surface area contributed by atoms with E-state index in [4.69, 9.17) is 14.2 Å². The van der Waals surface area contributed by atoms with E-state index in [2.05, 4.69) is 191 Å². The average molecular weight is 1110 g/mol. The number of carbonyl (C=O) groups is 3. The summed E-state index contributed by atoms with van der Waals surface area (Å²) in [6.07, 6.45) is 101. The van der Waals surface area contributed by atoms with Crippen molar-refractivity contribution in [1.29, 1.82) is 0 Å². The summed E-state index contributed by atoms with van der Waals surface area (Å²) in [7, 11) is 0. The van der Waals surface area contributed by atoms with E-state index in [1.165, 1.54) is 70.6 Å². The Morgan fingerprint density at radius 3 is 0.790 bits per heavy atom. The number of ether oxygens (including phenoxy) is 3. The summed E-state index contributed by atoms with van der Waals surface area (Å²) in [5.41, 5.74) is 0. The Hall–Kier alpha value is -5.49. The van der Waals surface area contributed by atoms with Crippen molar-refractivity contribution in [3.63, 3.8) is 0 Å². The molecule has 0 bridgehead atoms. The van der Waals surface area contributed by atoms with Crippen molar-refractivity contribution >= 4 is 17.9 Å². The number of hydrogen-bond acceptors (Lipinski definition) is 6. The van der Waals surface area contributed by atoms with Crippen LogP contribution in [0.5, 0.6) is 0 Å². The van der Waals surface area contributed by atoms with Crippen LogP contribution in [-0.2, 0) is 28.6 Å². The van der Waals surface area contributed by atoms with Crippen LogP contribution in [0.25, 0.3) is 0 Å². The highest BCUT2D eigenvalue weighted by molar-refractivity contribution is 5.71. The van der Waals surface area contributed by atoms with E-state index < -0.39 is 6.10 Å². The zero-order chi connectivity index (χ0) is 58.5. The average Bonchev–Trinajstić information content (AvgIpc) is 3.46. The van der Waals surface area contributed by atoms with Gasteiger partial charge in [0.05, 0.1) is 0 Å². The van der Waals surface area contributed by atoms with Crippen molar-refractivity contribution in [3.05, 3.63) is 182 Å². The molecule has 0 saturated carbocycles. The molecular formula is C75H116O6. The third kappa shape index (κ3) is 65.2. The van der Waals surface area contributed by atoms with Gasteiger partial charge in [-0.15, -0.1) is 0 Å². The van der Waals surface area contributed by atoms with Gasteiger partial charge in [0.25, 0.3) is 0 Å². The van der Waals surface area contributed by atoms with Gasteiger partial charge in [0.1, 0.15) is 13.2 Å². The minimum atomic E-state index is -0.841. The zero-order valence-electron chi connectivity index (χ0n) is 51.7. The van der Waals surface area contributed by atoms with Crippen LogP contribution in [0.4, 0.5) is 0 Å². The first-order valence-corrected chi connectivity index (χ1v) is 32.3. The van der Waals surface area contributed by atoms with Crippen LogP contribution < -0.4 is 0 Å². The van der Waals surface area contributed by atoms with Crippen LogP contribution in [0, 0.1) is 0 Å². The van der Waals surface area contributed by atoms with E-state index in [9.17, 15) is 14.4 Å². The number of unbranched alkanes of at least 4 members (excludes halogenated alkanes) is 15. The van der Waals surface area contributed by atoms with E-state index in [0.717, 1.165) is 128 Å². The predicted octanol–water partition coefficient (Wildman–Crippen LogP) is 22.4. The third-order valence-corrected chi connectivity index (χ3v) is 12.9. The molecular weight excluding hydrogens is 997 g/mol. The van der Waals surface area contributed by atoms with Crippen LogP contribution in [0.3, 0.4) is 0 Å². The Morgan fingerprint density at radius 2 is 0.469 bits per heavy atom. The summed E-state index contributed by atoms with van der Waals surface area (Å²) in [5.74, 6) is -1.06. The largest absolute Gasteiger partial charge is 0.462 e. The van der Waals surface area contributed by atoms with Crippen LogP contribution in [0.15, 0.2) is 182 Å². The maximum Gasteiger partial charge on any atom is 0.306 e. The Bertz CT molecular complexity index is 1900. The molecule has 0 aromatic rings. The molecule has 0 aromatic heterocycles. The topological polar surface area (TPSA) is 78.9 Å². The molecule has 1 unspecified atom stereocenters. The fourth-order valence-electron chi connectivity index (χ4n) is 8.19. The first-order chi connectivity index (χ1) is 40.0. The van der Waals surface area contributed by atoms with Gasteiger partial charge in [0, 0.05) is 19.3 Å². The second kappa shape index (κ2) is 67.0. The molecule has 0 radical (unpaired) electrons. The standard InChI is InChI=1S/C75H116O6/c1-4-7-10-13-16-19-22-25-27-29-31-33-34-35-36-37-38-39-40-42-43-45-47-50-53-56-59-62-65-68-74(77)80-71-72(70-79-73(76)67-64-61-58-55-52-49-24-21-18-15-12-9-6-3)81-75(78)69-66-63-60-57-54-51-48-46-44-41-32-30-28-26-23-20-17-14-11-8-5-2/h7-12,16-21,25-28,31-33,35-36,41,46,48-49,52,54,57-58,61,72H,4-6,13-15,22-24,29-30,34,37-40,42-45,47,50-51,53,55-56,59-60,62-71H2,1-3H3/b10-7-,11-8-,12-9-,19-16-,20-17-,21-18-,27-25-,28-26-,33-31-,36-35-,41-32-,48-46-,52-49-,57-54-,61-58-. The van der Waals surface area contributed by atoms with Gasteiger partial charge >= 0.3 is 17.9 Å². The van der Waals surface area contributed by atoms with Crippen molar-refractivity contribution in [2.75, 3.05) is 13.2 Å². The van der Waals surface area contributed by atoms with Crippen molar-refractivity contribution in [1.82, 2.24) is 0 Å². The monoisotopic (exact) mass is 1110 g/mol. The van der Waals surface area contributed by atoms with Crippen LogP contribution in [0.1, 0.15) is 252 Å². The summed E-state index contributed by atoms with van der Waals surface area (Å²) in [6, 6.07) is 0. The predicted molar refractivity (Wildman–Crippen MR) is 352 cm³/mol. The van der Waals surface area contributed by atoms with Gasteiger partial charge < -0.3 is 14.2 Å². The normalized spacial score (nSPS) is 13.4. The highest BCUT2D eigenvalue weighted by Crippen LogP contribution is 2.15. The van der Waals surface area contributed by atoms with E-state index in [0.29, 0.717) is 19.3 Å². The first-order valence-electron chi connectivity index (χ1n) is 32.3. The molecule has 452 valence electrons. The molecule has 6 heteroatoms. The smallest absolute Gasteiger partial charge is 0.306 e. The second-order valence-corrected chi connectivity index (χ2v) is 20.5. The minimum Gasteiger partial charge on any atom is -0.462 e. The van der Waals surface area contributed by atoms with Gasteiger partial charge in [-0.05, 0) is 141 Å². The fourth-order valence-corrected chi connectivity index (χ4v) is 8.19. The molecule has 0 fully saturated rings. The third-order valence-electron chi connectivity index (χ3n) is 12.9. The molecule has 0 aliphatic rings. The van der Waals surface area contributed by atoms with Crippen LogP contribution >= 0.6 is 0 Å². The lowest BCUT2D eigenvalue weighted by atomic mass is 10.0. The lowest BCUT2D eigenvalue weighted by Crippen LogP contribution is -2.30. The molecule has 0 rings (SSSR count). The highest BCUT2D eigenvalue weighted by atomic mass is 16.6. The van der Waals surface area contributed by atoms with E-state index in [1.54, 1.807) is 0 Å². The van der Waals surface area contributed by atoms with Crippen molar-refractivity contribution in [2.24, 2.45) is 0 Å². The molecule has 0 saturated heterocycles. The second-order valence-electron chi connectivity index (χ2n) is 20.5. The van der Waals surface area contributed by atoms with Crippen molar-refractivity contribution in [2.45, 2.75) is 258 Å². The first kappa shape index (κ1) is 75.5. The Labute approximate surface area is 497 Å². The molecule has 0 heterocycles. The van der Waals surface area contributed by atoms with Crippen LogP contribution in [0.2, 0.25) is 0 Å². The van der Waals surface area contributed by atoms with Gasteiger partial charge in [-0.1, -0.05) is 274 Å². The molecule has 0 spiro atoms. The van der Waals surface area contributed by atoms with E-state index in [-0.39, 0.29) is 44.0 Å². The molecule has 0 N–H and O–H groups in total. The lowest BCUT2D eigenvalue weighted by molar-refractivity contribution is -0.166. The molecule has 0 aliphatic carbocycles. The van der Waals surface area contributed by atoms with E-state index >= 15 is 0 Å². The summed E-state index contributed by atoms with van der Waals surface area (Å²) in [4.78, 5) is 38.3. The molecule has 6 nitrogen and oxygen atoms in total. The molecule has 0 aromatic carbocycles. The van der Waals surface area contributed by atoms with Gasteiger partial charge in [-0.25, -0.2) is 0 Å². The fraction of sp³-hybridized carbons (Fsp3) is 0.560. The lowest BCUT2D eigenvalue weighted by Gasteiger charge is -2.18. The number of esters is 3. The van der Waals surface area contributed by atoms with Gasteiger partial charge in [-0.3, -0.25) is 14.4 Å². The summed E-state index contributed by atoms with van der Waals surface area (Å²) in [6.45, 7) is 6.19. The quantitative estimate of drug-likeness (QED) is 0.0261. The zero-order valence-corrected chi connectivity index (χ0v) is 51.7. The van der Waals surface area contributed by atoms with E-state index in [1.807, 2.05) is 12.2 Å². The number of carbonyl (C=O) groups excluding carboxylic acids is 3. The number of hydrogen-bond donors (Lipinski definition) is 0. The van der Waals surface area contributed by atoms with Gasteiger partial charge in [-0.2, -0.15) is 0 Å². The summed E-state index contributed by atoms with van der Waals surface area (Å²) >= 11 is 0. The number of rotatable bonds is 56. The van der Waals surface area contributed by atoms with Crippen molar-refractivity contribution in [3.8, 4) is 0 Å². The molecule has 1 atom stereocenters. The maximum atomic E-state index is 12.9. The molecule has 0 amide bonds. The van der Waals surface area contributed by atoms with Crippen molar-refractivity contribution < 1.29 is 28.6 Å². The van der Waals surface area contributed by atoms with Gasteiger partial charge in [0.15, 0.2) is 6.10 Å². The van der Waals surface area contributed by atoms with Gasteiger partial charge in [0.2, 0.25) is 0 Å². The summed E-state index contributed by atoms with van der Waals surface area (Å²) < 4.78 is 16.8. The highest BCUT2D eigenvalue weighted by Gasteiger charge is 2.19. The van der Waals surface area contributed by atoms with Crippen LogP contribution in [-0.4, -0.2) is 37.2 Å². The Kier molecular flexibility index (Phi) is 62.5. The SMILES string of the molecule is CC/C=C\C/C=C\C/C=C\C/C=C\C/C=C\C/C=C\CCCCC(=O)OC(COC(=O)CC/C=C\C/C=C\C/C=C\C/C=C\CC)COC(=O)CCCCCCCCCCCCCCC/C=C\C/C=C\C/C=C\C/C=C\C/C=C\CC. The summed E-state index contributed by atoms with van der Waals surface area (Å²) in [5, 5.41) is 0. The maximum absolute atomic E-state index is 12.9. The molecule has 0 aliphatic heterocycles. The number of allylic oxidation sites excluding steroid dienone is 30. The Balaban J connectivity index is 4.42. The minimum absolute atomic E-state index is 0.127. The Morgan fingerprint density at radius 1 is 0.247 bits per heavy atom. The molecule has 81 heavy (non-hydrogen) atoms.